The quantitative estimate of drug-likeness (QED) is 0.685. The van der Waals surface area contributed by atoms with Gasteiger partial charge in [-0.3, -0.25) is 4.79 Å². The fourth-order valence-electron chi connectivity index (χ4n) is 3.00. The van der Waals surface area contributed by atoms with Gasteiger partial charge in [0, 0.05) is 25.7 Å². The molecule has 1 fully saturated rings. The van der Waals surface area contributed by atoms with Gasteiger partial charge in [-0.2, -0.15) is 4.31 Å². The van der Waals surface area contributed by atoms with E-state index in [0.29, 0.717) is 28.9 Å². The van der Waals surface area contributed by atoms with Crippen LogP contribution in [0.15, 0.2) is 47.4 Å². The molecule has 0 bridgehead atoms. The number of carbonyl (C=O) groups excluding carboxylic acids is 1. The number of hydrogen-bond donors (Lipinski definition) is 1. The monoisotopic (exact) mass is 456 g/mol. The topological polar surface area (TPSA) is 75.7 Å². The Balaban J connectivity index is 1.55. The first-order valence-corrected chi connectivity index (χ1v) is 11.5. The molecule has 3 rings (SSSR count). The van der Waals surface area contributed by atoms with Crippen molar-refractivity contribution < 1.29 is 17.9 Å². The Bertz CT molecular complexity index is 974. The molecule has 1 N–H and O–H groups in total. The van der Waals surface area contributed by atoms with E-state index >= 15 is 0 Å². The molecule has 2 aromatic carbocycles. The Morgan fingerprint density at radius 3 is 2.38 bits per heavy atom. The highest BCUT2D eigenvalue weighted by molar-refractivity contribution is 7.89. The molecular formula is C20H22Cl2N2O4S. The average molecular weight is 457 g/mol. The van der Waals surface area contributed by atoms with Crippen LogP contribution in [-0.2, 0) is 21.4 Å². The molecule has 1 aliphatic rings. The molecule has 0 saturated carbocycles. The summed E-state index contributed by atoms with van der Waals surface area (Å²) in [4.78, 5) is 12.5. The van der Waals surface area contributed by atoms with E-state index in [2.05, 4.69) is 5.32 Å². The molecule has 0 aliphatic carbocycles. The molecule has 1 saturated heterocycles. The summed E-state index contributed by atoms with van der Waals surface area (Å²) in [5.74, 6) is 0.142. The van der Waals surface area contributed by atoms with Crippen LogP contribution in [-0.4, -0.2) is 37.8 Å². The van der Waals surface area contributed by atoms with Crippen LogP contribution in [0.5, 0.6) is 5.75 Å². The number of hydrogen-bond acceptors (Lipinski definition) is 4. The van der Waals surface area contributed by atoms with Gasteiger partial charge in [0.25, 0.3) is 5.91 Å². The molecule has 0 aromatic heterocycles. The Morgan fingerprint density at radius 2 is 1.76 bits per heavy atom. The second-order valence-corrected chi connectivity index (χ2v) is 9.56. The minimum absolute atomic E-state index is 0.262. The molecular weight excluding hydrogens is 435 g/mol. The second kappa shape index (κ2) is 9.34. The summed E-state index contributed by atoms with van der Waals surface area (Å²) in [5.41, 5.74) is 0.792. The number of carbonyl (C=O) groups is 1. The lowest BCUT2D eigenvalue weighted by Crippen LogP contribution is -2.35. The summed E-state index contributed by atoms with van der Waals surface area (Å²) < 4.78 is 32.2. The number of ether oxygens (including phenoxy) is 1. The van der Waals surface area contributed by atoms with Crippen molar-refractivity contribution in [2.24, 2.45) is 0 Å². The Morgan fingerprint density at radius 1 is 1.10 bits per heavy atom. The van der Waals surface area contributed by atoms with E-state index < -0.39 is 16.1 Å². The number of benzene rings is 2. The minimum Gasteiger partial charge on any atom is -0.481 e. The van der Waals surface area contributed by atoms with Gasteiger partial charge < -0.3 is 10.1 Å². The first-order valence-electron chi connectivity index (χ1n) is 9.26. The lowest BCUT2D eigenvalue weighted by Gasteiger charge is -2.16. The maximum absolute atomic E-state index is 12.5. The predicted octanol–water partition coefficient (Wildman–Crippen LogP) is 3.86. The standard InChI is InChI=1S/C20H22Cl2N2O4S/c1-14(28-16-6-9-18(21)19(22)12-16)20(25)23-13-15-4-7-17(8-5-15)29(26,27)24-10-2-3-11-24/h4-9,12,14H,2-3,10-11,13H2,1H3,(H,23,25). The molecule has 0 spiro atoms. The number of nitrogens with one attached hydrogen (secondary N) is 1. The Labute approximate surface area is 180 Å². The van der Waals surface area contributed by atoms with Gasteiger partial charge in [0.05, 0.1) is 14.9 Å². The highest BCUT2D eigenvalue weighted by atomic mass is 35.5. The van der Waals surface area contributed by atoms with Crippen LogP contribution >= 0.6 is 23.2 Å². The molecule has 1 atom stereocenters. The fourth-order valence-corrected chi connectivity index (χ4v) is 4.80. The van der Waals surface area contributed by atoms with Crippen molar-refractivity contribution in [3.8, 4) is 5.75 Å². The third-order valence-electron chi connectivity index (χ3n) is 4.67. The van der Waals surface area contributed by atoms with E-state index in [1.54, 1.807) is 49.4 Å². The Kier molecular flexibility index (Phi) is 7.05. The van der Waals surface area contributed by atoms with Crippen LogP contribution in [0.2, 0.25) is 10.0 Å². The van der Waals surface area contributed by atoms with Crippen molar-refractivity contribution in [1.82, 2.24) is 9.62 Å². The first kappa shape index (κ1) is 21.9. The molecule has 156 valence electrons. The van der Waals surface area contributed by atoms with Crippen LogP contribution in [0.3, 0.4) is 0 Å². The fraction of sp³-hybridized carbons (Fsp3) is 0.350. The molecule has 29 heavy (non-hydrogen) atoms. The van der Waals surface area contributed by atoms with Gasteiger partial charge in [-0.25, -0.2) is 8.42 Å². The van der Waals surface area contributed by atoms with Gasteiger partial charge in [-0.05, 0) is 49.6 Å². The van der Waals surface area contributed by atoms with Gasteiger partial charge in [-0.1, -0.05) is 35.3 Å². The molecule has 2 aromatic rings. The zero-order valence-corrected chi connectivity index (χ0v) is 18.2. The van der Waals surface area contributed by atoms with Crippen molar-refractivity contribution in [2.75, 3.05) is 13.1 Å². The van der Waals surface area contributed by atoms with E-state index in [9.17, 15) is 13.2 Å². The number of rotatable bonds is 7. The normalized spacial score (nSPS) is 15.8. The van der Waals surface area contributed by atoms with E-state index in [4.69, 9.17) is 27.9 Å². The number of nitrogens with zero attached hydrogens (tertiary/aromatic N) is 1. The van der Waals surface area contributed by atoms with Crippen LogP contribution in [0.4, 0.5) is 0 Å². The van der Waals surface area contributed by atoms with Gasteiger partial charge in [0.2, 0.25) is 10.0 Å². The molecule has 0 radical (unpaired) electrons. The molecule has 1 heterocycles. The number of halogens is 2. The van der Waals surface area contributed by atoms with E-state index in [0.717, 1.165) is 18.4 Å². The van der Waals surface area contributed by atoms with Crippen molar-refractivity contribution in [2.45, 2.75) is 37.3 Å². The summed E-state index contributed by atoms with van der Waals surface area (Å²) in [6, 6.07) is 11.3. The highest BCUT2D eigenvalue weighted by Crippen LogP contribution is 2.27. The highest BCUT2D eigenvalue weighted by Gasteiger charge is 2.26. The summed E-state index contributed by atoms with van der Waals surface area (Å²) in [7, 11) is -3.44. The molecule has 1 unspecified atom stereocenters. The van der Waals surface area contributed by atoms with Crippen LogP contribution in [0.25, 0.3) is 0 Å². The summed E-state index contributed by atoms with van der Waals surface area (Å²) in [6.45, 7) is 3.02. The molecule has 1 aliphatic heterocycles. The van der Waals surface area contributed by atoms with Crippen LogP contribution in [0.1, 0.15) is 25.3 Å². The SMILES string of the molecule is CC(Oc1ccc(Cl)c(Cl)c1)C(=O)NCc1ccc(S(=O)(=O)N2CCCC2)cc1. The van der Waals surface area contributed by atoms with Crippen molar-refractivity contribution in [3.63, 3.8) is 0 Å². The second-order valence-electron chi connectivity index (χ2n) is 6.81. The maximum atomic E-state index is 12.5. The number of amides is 1. The minimum atomic E-state index is -3.44. The lowest BCUT2D eigenvalue weighted by molar-refractivity contribution is -0.127. The van der Waals surface area contributed by atoms with E-state index in [1.807, 2.05) is 0 Å². The smallest absolute Gasteiger partial charge is 0.261 e. The molecule has 9 heteroatoms. The van der Waals surface area contributed by atoms with Crippen LogP contribution < -0.4 is 10.1 Å². The van der Waals surface area contributed by atoms with Crippen molar-refractivity contribution in [1.29, 1.82) is 0 Å². The third-order valence-corrected chi connectivity index (χ3v) is 7.32. The third kappa shape index (κ3) is 5.42. The van der Waals surface area contributed by atoms with E-state index in [1.165, 1.54) is 4.31 Å². The van der Waals surface area contributed by atoms with Gasteiger partial charge in [0.15, 0.2) is 6.10 Å². The summed E-state index contributed by atoms with van der Waals surface area (Å²) in [6.07, 6.45) is 1.06. The average Bonchev–Trinajstić information content (AvgIpc) is 3.25. The van der Waals surface area contributed by atoms with Gasteiger partial charge >= 0.3 is 0 Å². The Hall–Kier alpha value is -1.80. The summed E-state index contributed by atoms with van der Waals surface area (Å²) >= 11 is 11.8. The zero-order chi connectivity index (χ0) is 21.0. The largest absolute Gasteiger partial charge is 0.481 e. The zero-order valence-electron chi connectivity index (χ0n) is 15.9. The maximum Gasteiger partial charge on any atom is 0.261 e. The number of sulfonamides is 1. The van der Waals surface area contributed by atoms with Gasteiger partial charge in [0.1, 0.15) is 5.75 Å². The van der Waals surface area contributed by atoms with E-state index in [-0.39, 0.29) is 17.3 Å². The lowest BCUT2D eigenvalue weighted by atomic mass is 10.2. The predicted molar refractivity (Wildman–Crippen MR) is 113 cm³/mol. The van der Waals surface area contributed by atoms with Gasteiger partial charge in [-0.15, -0.1) is 0 Å². The van der Waals surface area contributed by atoms with Crippen LogP contribution in [0, 0.1) is 0 Å². The van der Waals surface area contributed by atoms with Crippen molar-refractivity contribution >= 4 is 39.1 Å². The summed E-state index contributed by atoms with van der Waals surface area (Å²) in [5, 5.41) is 3.53. The molecule has 6 nitrogen and oxygen atoms in total. The first-order chi connectivity index (χ1) is 13.8. The molecule has 1 amide bonds. The van der Waals surface area contributed by atoms with Crippen molar-refractivity contribution in [3.05, 3.63) is 58.1 Å².